The highest BCUT2D eigenvalue weighted by Crippen LogP contribution is 2.03. The van der Waals surface area contributed by atoms with Gasteiger partial charge in [-0.1, -0.05) is 13.8 Å². The average molecular weight is 158 g/mol. The molecule has 0 aromatic rings. The number of nitrogens with zero attached hydrogens (tertiary/aromatic N) is 1. The van der Waals surface area contributed by atoms with Crippen molar-refractivity contribution < 1.29 is 4.79 Å². The van der Waals surface area contributed by atoms with E-state index in [0.29, 0.717) is 0 Å². The number of hydrogen-bond acceptors (Lipinski definition) is 3. The number of isothiocyanates is 1. The summed E-state index contributed by atoms with van der Waals surface area (Å²) in [6.45, 7) is 3.71. The number of aliphatic imine (C=N–C) groups is 1. The Morgan fingerprint density at radius 3 is 2.30 bits per heavy atom. The van der Waals surface area contributed by atoms with Crippen LogP contribution in [0.5, 0.6) is 0 Å². The number of amides is 1. The molecule has 0 aliphatic heterocycles. The van der Waals surface area contributed by atoms with Crippen LogP contribution in [0, 0.1) is 5.92 Å². The lowest BCUT2D eigenvalue weighted by Crippen LogP contribution is -2.31. The van der Waals surface area contributed by atoms with Crippen molar-refractivity contribution in [3.8, 4) is 0 Å². The molecule has 0 rings (SSSR count). The van der Waals surface area contributed by atoms with Gasteiger partial charge in [0.05, 0.1) is 5.16 Å². The zero-order valence-corrected chi connectivity index (χ0v) is 6.81. The van der Waals surface area contributed by atoms with Gasteiger partial charge in [-0.05, 0) is 18.1 Å². The predicted octanol–water partition coefficient (Wildman–Crippen LogP) is 0.599. The molecule has 1 unspecified atom stereocenters. The molecule has 0 fully saturated rings. The Kier molecular flexibility index (Phi) is 3.84. The molecular weight excluding hydrogens is 148 g/mol. The molecule has 4 heteroatoms. The van der Waals surface area contributed by atoms with E-state index >= 15 is 0 Å². The van der Waals surface area contributed by atoms with Crippen molar-refractivity contribution >= 4 is 23.3 Å². The number of rotatable bonds is 3. The van der Waals surface area contributed by atoms with Crippen LogP contribution in [0.1, 0.15) is 13.8 Å². The Hall–Kier alpha value is -0.730. The lowest BCUT2D eigenvalue weighted by Gasteiger charge is -2.08. The second kappa shape index (κ2) is 4.14. The van der Waals surface area contributed by atoms with Gasteiger partial charge < -0.3 is 5.73 Å². The van der Waals surface area contributed by atoms with Gasteiger partial charge in [0.1, 0.15) is 6.04 Å². The quantitative estimate of drug-likeness (QED) is 0.483. The Bertz CT molecular complexity index is 171. The first-order valence-electron chi connectivity index (χ1n) is 2.96. The van der Waals surface area contributed by atoms with E-state index in [1.54, 1.807) is 0 Å². The molecule has 0 radical (unpaired) electrons. The summed E-state index contributed by atoms with van der Waals surface area (Å²) >= 11 is 4.34. The smallest absolute Gasteiger partial charge is 0.243 e. The Morgan fingerprint density at radius 2 is 2.20 bits per heavy atom. The molecule has 10 heavy (non-hydrogen) atoms. The molecule has 0 bridgehead atoms. The van der Waals surface area contributed by atoms with Crippen LogP contribution in [0.3, 0.4) is 0 Å². The molecule has 56 valence electrons. The number of hydrogen-bond donors (Lipinski definition) is 1. The summed E-state index contributed by atoms with van der Waals surface area (Å²) in [7, 11) is 0. The first-order chi connectivity index (χ1) is 4.59. The zero-order valence-electron chi connectivity index (χ0n) is 6.00. The molecule has 0 saturated carbocycles. The van der Waals surface area contributed by atoms with Crippen LogP contribution in [-0.4, -0.2) is 17.1 Å². The predicted molar refractivity (Wildman–Crippen MR) is 42.8 cm³/mol. The minimum Gasteiger partial charge on any atom is -0.368 e. The summed E-state index contributed by atoms with van der Waals surface area (Å²) in [6.07, 6.45) is 0. The SMILES string of the molecule is CC(C)C(N=C=S)C(N)=O. The van der Waals surface area contributed by atoms with E-state index in [4.69, 9.17) is 5.73 Å². The fraction of sp³-hybridized carbons (Fsp3) is 0.667. The highest BCUT2D eigenvalue weighted by atomic mass is 32.1. The number of nitrogens with two attached hydrogens (primary N) is 1. The molecule has 1 amide bonds. The van der Waals surface area contributed by atoms with E-state index in [1.807, 2.05) is 13.8 Å². The van der Waals surface area contributed by atoms with Gasteiger partial charge in [0.25, 0.3) is 0 Å². The van der Waals surface area contributed by atoms with E-state index in [2.05, 4.69) is 22.4 Å². The van der Waals surface area contributed by atoms with E-state index in [1.165, 1.54) is 0 Å². The van der Waals surface area contributed by atoms with Crippen LogP contribution in [0.25, 0.3) is 0 Å². The molecule has 0 saturated heterocycles. The van der Waals surface area contributed by atoms with Gasteiger partial charge in [-0.25, -0.2) is 4.99 Å². The summed E-state index contributed by atoms with van der Waals surface area (Å²) in [4.78, 5) is 14.2. The van der Waals surface area contributed by atoms with Gasteiger partial charge in [0.15, 0.2) is 0 Å². The van der Waals surface area contributed by atoms with Gasteiger partial charge in [-0.2, -0.15) is 0 Å². The van der Waals surface area contributed by atoms with Gasteiger partial charge >= 0.3 is 0 Å². The molecule has 0 spiro atoms. The summed E-state index contributed by atoms with van der Waals surface area (Å²) in [5.41, 5.74) is 5.00. The molecule has 0 aromatic carbocycles. The van der Waals surface area contributed by atoms with Gasteiger partial charge in [-0.3, -0.25) is 4.79 Å². The second-order valence-electron chi connectivity index (χ2n) is 2.31. The average Bonchev–Trinajstić information content (AvgIpc) is 1.81. The Balaban J connectivity index is 4.26. The molecule has 0 aliphatic rings. The third-order valence-electron chi connectivity index (χ3n) is 1.11. The Morgan fingerprint density at radius 1 is 1.70 bits per heavy atom. The highest BCUT2D eigenvalue weighted by molar-refractivity contribution is 7.78. The third-order valence-corrected chi connectivity index (χ3v) is 1.22. The van der Waals surface area contributed by atoms with Crippen molar-refractivity contribution in [1.29, 1.82) is 0 Å². The minimum atomic E-state index is -0.516. The van der Waals surface area contributed by atoms with E-state index in [9.17, 15) is 4.79 Å². The molecule has 3 nitrogen and oxygen atoms in total. The summed E-state index contributed by atoms with van der Waals surface area (Å²) < 4.78 is 0. The molecular formula is C6H10N2OS. The molecule has 0 aliphatic carbocycles. The van der Waals surface area contributed by atoms with E-state index in [-0.39, 0.29) is 5.92 Å². The summed E-state index contributed by atoms with van der Waals surface area (Å²) in [6, 6.07) is -0.516. The fourth-order valence-corrected chi connectivity index (χ4v) is 0.712. The van der Waals surface area contributed by atoms with E-state index in [0.717, 1.165) is 0 Å². The normalized spacial score (nSPS) is 12.3. The number of carbonyl (C=O) groups is 1. The summed E-state index contributed by atoms with van der Waals surface area (Å²) in [5, 5.41) is 2.14. The standard InChI is InChI=1S/C6H10N2OS/c1-4(2)5(6(7)9)8-3-10/h4-5H,1-2H3,(H2,7,9). The Labute approximate surface area is 65.3 Å². The topological polar surface area (TPSA) is 55.4 Å². The molecule has 0 aromatic heterocycles. The lowest BCUT2D eigenvalue weighted by molar-refractivity contribution is -0.119. The number of thiocarbonyl (C=S) groups is 1. The van der Waals surface area contributed by atoms with Crippen molar-refractivity contribution in [3.05, 3.63) is 0 Å². The zero-order chi connectivity index (χ0) is 8.15. The maximum atomic E-state index is 10.6. The second-order valence-corrected chi connectivity index (χ2v) is 2.49. The van der Waals surface area contributed by atoms with Crippen LogP contribution in [0.4, 0.5) is 0 Å². The number of primary amides is 1. The first kappa shape index (κ1) is 9.27. The van der Waals surface area contributed by atoms with Gasteiger partial charge in [0, 0.05) is 0 Å². The highest BCUT2D eigenvalue weighted by Gasteiger charge is 2.16. The molecule has 2 N–H and O–H groups in total. The van der Waals surface area contributed by atoms with Gasteiger partial charge in [-0.15, -0.1) is 0 Å². The maximum absolute atomic E-state index is 10.6. The van der Waals surface area contributed by atoms with Crippen LogP contribution in [0.2, 0.25) is 0 Å². The summed E-state index contributed by atoms with van der Waals surface area (Å²) in [5.74, 6) is -0.361. The number of carbonyl (C=O) groups excluding carboxylic acids is 1. The lowest BCUT2D eigenvalue weighted by atomic mass is 10.1. The maximum Gasteiger partial charge on any atom is 0.243 e. The third kappa shape index (κ3) is 2.71. The fourth-order valence-electron chi connectivity index (χ4n) is 0.598. The molecule has 1 atom stereocenters. The minimum absolute atomic E-state index is 0.0907. The van der Waals surface area contributed by atoms with Crippen molar-refractivity contribution in [3.63, 3.8) is 0 Å². The monoisotopic (exact) mass is 158 g/mol. The first-order valence-corrected chi connectivity index (χ1v) is 3.36. The van der Waals surface area contributed by atoms with Crippen molar-refractivity contribution in [1.82, 2.24) is 0 Å². The van der Waals surface area contributed by atoms with Crippen LogP contribution < -0.4 is 5.73 Å². The van der Waals surface area contributed by atoms with Crippen LogP contribution >= 0.6 is 12.2 Å². The van der Waals surface area contributed by atoms with Gasteiger partial charge in [0.2, 0.25) is 5.91 Å². The molecule has 0 heterocycles. The van der Waals surface area contributed by atoms with Crippen molar-refractivity contribution in [2.45, 2.75) is 19.9 Å². The van der Waals surface area contributed by atoms with E-state index < -0.39 is 11.9 Å². The largest absolute Gasteiger partial charge is 0.368 e. The van der Waals surface area contributed by atoms with Crippen LogP contribution in [0.15, 0.2) is 4.99 Å². The van der Waals surface area contributed by atoms with Crippen molar-refractivity contribution in [2.75, 3.05) is 0 Å². The van der Waals surface area contributed by atoms with Crippen molar-refractivity contribution in [2.24, 2.45) is 16.6 Å². The van der Waals surface area contributed by atoms with Crippen LogP contribution in [-0.2, 0) is 4.79 Å².